The molecule has 0 radical (unpaired) electrons. The van der Waals surface area contributed by atoms with Crippen molar-refractivity contribution in [2.75, 3.05) is 20.3 Å². The van der Waals surface area contributed by atoms with Crippen molar-refractivity contribution in [3.05, 3.63) is 35.6 Å². The Hall–Kier alpha value is -1.62. The van der Waals surface area contributed by atoms with Crippen molar-refractivity contribution in [2.45, 2.75) is 50.5 Å². The van der Waals surface area contributed by atoms with Gasteiger partial charge in [0.05, 0.1) is 13.2 Å². The molecule has 0 aliphatic heterocycles. The van der Waals surface area contributed by atoms with Gasteiger partial charge in [0.1, 0.15) is 5.82 Å². The second-order valence-electron chi connectivity index (χ2n) is 6.55. The van der Waals surface area contributed by atoms with E-state index in [4.69, 9.17) is 10.5 Å². The minimum Gasteiger partial charge on any atom is -0.383 e. The number of aliphatic imine (C=N–C) groups is 1. The zero-order chi connectivity index (χ0) is 16.7. The van der Waals surface area contributed by atoms with Gasteiger partial charge in [0.15, 0.2) is 5.96 Å². The van der Waals surface area contributed by atoms with Gasteiger partial charge in [-0.3, -0.25) is 4.99 Å². The van der Waals surface area contributed by atoms with Crippen LogP contribution in [0.25, 0.3) is 0 Å². The van der Waals surface area contributed by atoms with Gasteiger partial charge in [0.2, 0.25) is 0 Å². The summed E-state index contributed by atoms with van der Waals surface area (Å²) in [7, 11) is 1.66. The Labute approximate surface area is 138 Å². The zero-order valence-corrected chi connectivity index (χ0v) is 14.1. The van der Waals surface area contributed by atoms with Crippen LogP contribution >= 0.6 is 0 Å². The third-order valence-electron chi connectivity index (χ3n) is 4.63. The van der Waals surface area contributed by atoms with Gasteiger partial charge < -0.3 is 15.8 Å². The molecule has 1 aliphatic carbocycles. The first-order chi connectivity index (χ1) is 11.1. The fourth-order valence-corrected chi connectivity index (χ4v) is 3.40. The fraction of sp³-hybridized carbons (Fsp3) is 0.611. The van der Waals surface area contributed by atoms with E-state index in [-0.39, 0.29) is 17.3 Å². The average Bonchev–Trinajstić information content (AvgIpc) is 2.55. The van der Waals surface area contributed by atoms with Crippen molar-refractivity contribution in [2.24, 2.45) is 10.7 Å². The zero-order valence-electron chi connectivity index (χ0n) is 14.1. The van der Waals surface area contributed by atoms with Gasteiger partial charge in [-0.05, 0) is 37.5 Å². The predicted molar refractivity (Wildman–Crippen MR) is 92.1 cm³/mol. The molecule has 0 spiro atoms. The third kappa shape index (κ3) is 4.93. The van der Waals surface area contributed by atoms with Crippen LogP contribution in [0.1, 0.15) is 44.6 Å². The van der Waals surface area contributed by atoms with Crippen LogP contribution in [-0.4, -0.2) is 32.3 Å². The molecule has 1 aliphatic rings. The number of hydrogen-bond acceptors (Lipinski definition) is 2. The number of halogens is 1. The average molecular weight is 321 g/mol. The molecule has 1 unspecified atom stereocenters. The van der Waals surface area contributed by atoms with E-state index in [1.165, 1.54) is 37.0 Å². The number of nitrogens with two attached hydrogens (primary N) is 1. The lowest BCUT2D eigenvalue weighted by Gasteiger charge is -2.36. The number of hydrogen-bond donors (Lipinski definition) is 2. The number of benzene rings is 1. The van der Waals surface area contributed by atoms with Gasteiger partial charge in [0, 0.05) is 18.6 Å². The molecule has 0 heterocycles. The number of guanidine groups is 1. The van der Waals surface area contributed by atoms with Gasteiger partial charge in [-0.2, -0.15) is 0 Å². The van der Waals surface area contributed by atoms with Crippen LogP contribution in [-0.2, 0) is 10.2 Å². The number of ether oxygens (including phenoxy) is 1. The second-order valence-corrected chi connectivity index (χ2v) is 6.55. The molecule has 3 N–H and O–H groups in total. The van der Waals surface area contributed by atoms with Crippen LogP contribution < -0.4 is 11.1 Å². The Kier molecular flexibility index (Phi) is 6.39. The molecule has 1 atom stereocenters. The van der Waals surface area contributed by atoms with E-state index in [0.29, 0.717) is 19.1 Å². The minimum atomic E-state index is -0.196. The summed E-state index contributed by atoms with van der Waals surface area (Å²) in [6.45, 7) is 3.22. The summed E-state index contributed by atoms with van der Waals surface area (Å²) in [6, 6.07) is 6.99. The molecule has 5 heteroatoms. The molecular weight excluding hydrogens is 293 g/mol. The maximum Gasteiger partial charge on any atom is 0.188 e. The topological polar surface area (TPSA) is 59.6 Å². The van der Waals surface area contributed by atoms with Crippen LogP contribution in [0.4, 0.5) is 4.39 Å². The van der Waals surface area contributed by atoms with E-state index in [2.05, 4.69) is 10.3 Å². The molecule has 23 heavy (non-hydrogen) atoms. The maximum absolute atomic E-state index is 13.2. The highest BCUT2D eigenvalue weighted by atomic mass is 19.1. The Bertz CT molecular complexity index is 510. The molecule has 1 aromatic rings. The Morgan fingerprint density at radius 2 is 1.96 bits per heavy atom. The van der Waals surface area contributed by atoms with E-state index in [1.54, 1.807) is 7.11 Å². The SMILES string of the molecule is COCC(C)NC(N)=NCC1(c2ccc(F)cc2)CCCCC1. The highest BCUT2D eigenvalue weighted by Gasteiger charge is 2.33. The van der Waals surface area contributed by atoms with E-state index in [1.807, 2.05) is 19.1 Å². The summed E-state index contributed by atoms with van der Waals surface area (Å²) < 4.78 is 18.3. The van der Waals surface area contributed by atoms with Gasteiger partial charge >= 0.3 is 0 Å². The van der Waals surface area contributed by atoms with Gasteiger partial charge in [-0.25, -0.2) is 4.39 Å². The number of nitrogens with zero attached hydrogens (tertiary/aromatic N) is 1. The molecule has 2 rings (SSSR count). The van der Waals surface area contributed by atoms with E-state index < -0.39 is 0 Å². The molecule has 1 fully saturated rings. The van der Waals surface area contributed by atoms with Crippen LogP contribution in [0.5, 0.6) is 0 Å². The first-order valence-electron chi connectivity index (χ1n) is 8.37. The monoisotopic (exact) mass is 321 g/mol. The first kappa shape index (κ1) is 17.7. The smallest absolute Gasteiger partial charge is 0.188 e. The highest BCUT2D eigenvalue weighted by Crippen LogP contribution is 2.39. The molecule has 0 aromatic heterocycles. The summed E-state index contributed by atoms with van der Waals surface area (Å²) in [6.07, 6.45) is 5.76. The predicted octanol–water partition coefficient (Wildman–Crippen LogP) is 2.97. The standard InChI is InChI=1S/C18H28FN3O/c1-14(12-23-2)22-17(20)21-13-18(10-4-3-5-11-18)15-6-8-16(19)9-7-15/h6-9,14H,3-5,10-13H2,1-2H3,(H3,20,21,22). The van der Waals surface area contributed by atoms with Crippen molar-refractivity contribution >= 4 is 5.96 Å². The van der Waals surface area contributed by atoms with Crippen molar-refractivity contribution in [3.8, 4) is 0 Å². The highest BCUT2D eigenvalue weighted by molar-refractivity contribution is 5.78. The van der Waals surface area contributed by atoms with E-state index in [0.717, 1.165) is 12.8 Å². The molecule has 4 nitrogen and oxygen atoms in total. The van der Waals surface area contributed by atoms with Crippen molar-refractivity contribution in [3.63, 3.8) is 0 Å². The lowest BCUT2D eigenvalue weighted by Crippen LogP contribution is -2.42. The van der Waals surface area contributed by atoms with Crippen LogP contribution in [0.3, 0.4) is 0 Å². The Morgan fingerprint density at radius 3 is 2.57 bits per heavy atom. The minimum absolute atomic E-state index is 0.0251. The lowest BCUT2D eigenvalue weighted by molar-refractivity contribution is 0.179. The fourth-order valence-electron chi connectivity index (χ4n) is 3.40. The second kappa shape index (κ2) is 8.29. The molecule has 128 valence electrons. The summed E-state index contributed by atoms with van der Waals surface area (Å²) >= 11 is 0. The van der Waals surface area contributed by atoms with Gasteiger partial charge in [0.25, 0.3) is 0 Å². The van der Waals surface area contributed by atoms with Crippen molar-refractivity contribution in [1.29, 1.82) is 0 Å². The molecule has 0 amide bonds. The maximum atomic E-state index is 13.2. The third-order valence-corrected chi connectivity index (χ3v) is 4.63. The molecule has 0 bridgehead atoms. The van der Waals surface area contributed by atoms with E-state index >= 15 is 0 Å². The molecule has 1 aromatic carbocycles. The molecule has 1 saturated carbocycles. The molecule has 0 saturated heterocycles. The quantitative estimate of drug-likeness (QED) is 0.625. The number of nitrogens with one attached hydrogen (secondary N) is 1. The Balaban J connectivity index is 2.11. The molecular formula is C18H28FN3O. The summed E-state index contributed by atoms with van der Waals surface area (Å²) in [5.41, 5.74) is 7.15. The number of methoxy groups -OCH3 is 1. The normalized spacial score (nSPS) is 19.3. The van der Waals surface area contributed by atoms with E-state index in [9.17, 15) is 4.39 Å². The van der Waals surface area contributed by atoms with Crippen LogP contribution in [0.2, 0.25) is 0 Å². The van der Waals surface area contributed by atoms with Gasteiger partial charge in [-0.15, -0.1) is 0 Å². The van der Waals surface area contributed by atoms with Crippen LogP contribution in [0.15, 0.2) is 29.3 Å². The van der Waals surface area contributed by atoms with Crippen molar-refractivity contribution in [1.82, 2.24) is 5.32 Å². The summed E-state index contributed by atoms with van der Waals surface area (Å²) in [4.78, 5) is 4.58. The summed E-state index contributed by atoms with van der Waals surface area (Å²) in [5.74, 6) is 0.249. The van der Waals surface area contributed by atoms with Crippen molar-refractivity contribution < 1.29 is 9.13 Å². The van der Waals surface area contributed by atoms with Gasteiger partial charge in [-0.1, -0.05) is 31.4 Å². The first-order valence-corrected chi connectivity index (χ1v) is 8.37. The largest absolute Gasteiger partial charge is 0.383 e. The lowest BCUT2D eigenvalue weighted by atomic mass is 9.69. The summed E-state index contributed by atoms with van der Waals surface area (Å²) in [5, 5.41) is 3.14. The number of rotatable bonds is 6. The van der Waals surface area contributed by atoms with Crippen LogP contribution in [0, 0.1) is 5.82 Å². The Morgan fingerprint density at radius 1 is 1.30 bits per heavy atom.